The summed E-state index contributed by atoms with van der Waals surface area (Å²) in [5.41, 5.74) is 7.19. The molecule has 0 atom stereocenters. The predicted molar refractivity (Wildman–Crippen MR) is 77.2 cm³/mol. The molecular formula is C13H23N5O2. The lowest BCUT2D eigenvalue weighted by molar-refractivity contribution is 0.0158. The van der Waals surface area contributed by atoms with Gasteiger partial charge in [-0.25, -0.2) is 0 Å². The van der Waals surface area contributed by atoms with Crippen LogP contribution < -0.4 is 10.6 Å². The van der Waals surface area contributed by atoms with Gasteiger partial charge in [-0.05, 0) is 19.8 Å². The maximum absolute atomic E-state index is 8.78. The normalized spacial score (nSPS) is 16.6. The van der Waals surface area contributed by atoms with E-state index in [-0.39, 0.29) is 18.5 Å². The summed E-state index contributed by atoms with van der Waals surface area (Å²) in [5.74, 6) is 0.972. The molecule has 0 spiro atoms. The van der Waals surface area contributed by atoms with Crippen molar-refractivity contribution < 1.29 is 9.84 Å². The Kier molecular flexibility index (Phi) is 4.61. The zero-order chi connectivity index (χ0) is 14.7. The fourth-order valence-electron chi connectivity index (χ4n) is 2.78. The molecule has 112 valence electrons. The molecule has 1 fully saturated rings. The summed E-state index contributed by atoms with van der Waals surface area (Å²) in [6.07, 6.45) is 2.01. The summed E-state index contributed by atoms with van der Waals surface area (Å²) in [6.45, 7) is 4.02. The Labute approximate surface area is 118 Å². The Morgan fingerprint density at radius 2 is 2.15 bits per heavy atom. The Morgan fingerprint density at radius 3 is 2.70 bits per heavy atom. The van der Waals surface area contributed by atoms with Gasteiger partial charge in [-0.2, -0.15) is 5.10 Å². The molecule has 1 aliphatic rings. The van der Waals surface area contributed by atoms with E-state index in [9.17, 15) is 0 Å². The van der Waals surface area contributed by atoms with Crippen LogP contribution in [0.2, 0.25) is 0 Å². The number of aliphatic hydroxyl groups is 1. The number of nitrogen functional groups attached to an aromatic ring is 1. The van der Waals surface area contributed by atoms with E-state index in [1.807, 2.05) is 14.0 Å². The number of nitrogens with one attached hydrogen (secondary N) is 1. The summed E-state index contributed by atoms with van der Waals surface area (Å²) in [4.78, 5) is 2.20. The van der Waals surface area contributed by atoms with Crippen LogP contribution >= 0.6 is 0 Å². The molecule has 7 nitrogen and oxygen atoms in total. The number of nitrogens with zero attached hydrogens (tertiary/aromatic N) is 3. The van der Waals surface area contributed by atoms with Crippen molar-refractivity contribution in [3.63, 3.8) is 0 Å². The smallest absolute Gasteiger partial charge is 0.137 e. The van der Waals surface area contributed by atoms with Crippen molar-refractivity contribution in [2.24, 2.45) is 12.8 Å². The zero-order valence-corrected chi connectivity index (χ0v) is 12.1. The minimum Gasteiger partial charge on any atom is -0.394 e. The minimum absolute atomic E-state index is 0.0595. The molecule has 2 rings (SSSR count). The third-order valence-electron chi connectivity index (χ3n) is 3.65. The van der Waals surface area contributed by atoms with Crippen molar-refractivity contribution in [1.29, 1.82) is 5.41 Å². The molecule has 1 aliphatic heterocycles. The molecule has 4 N–H and O–H groups in total. The van der Waals surface area contributed by atoms with Crippen LogP contribution in [0.25, 0.3) is 0 Å². The molecule has 0 aliphatic carbocycles. The Morgan fingerprint density at radius 1 is 1.50 bits per heavy atom. The molecule has 0 amide bonds. The van der Waals surface area contributed by atoms with E-state index in [0.717, 1.165) is 43.0 Å². The van der Waals surface area contributed by atoms with Crippen LogP contribution in [0.5, 0.6) is 0 Å². The Balaban J connectivity index is 2.09. The quantitative estimate of drug-likeness (QED) is 0.520. The lowest BCUT2D eigenvalue weighted by Gasteiger charge is -2.33. The molecule has 0 radical (unpaired) electrons. The fraction of sp³-hybridized carbons (Fsp3) is 0.692. The molecule has 0 aromatic carbocycles. The first-order valence-electron chi connectivity index (χ1n) is 6.90. The van der Waals surface area contributed by atoms with Gasteiger partial charge in [0.2, 0.25) is 0 Å². The predicted octanol–water partition coefficient (Wildman–Crippen LogP) is -0.00971. The van der Waals surface area contributed by atoms with E-state index >= 15 is 0 Å². The SMILES string of the molecule is Cc1nn(C)c(N2CCC(OCCO)CC2)c1C(=N)N. The lowest BCUT2D eigenvalue weighted by atomic mass is 10.1. The van der Waals surface area contributed by atoms with Crippen LogP contribution in [-0.4, -0.2) is 53.1 Å². The van der Waals surface area contributed by atoms with Gasteiger partial charge < -0.3 is 20.5 Å². The molecular weight excluding hydrogens is 258 g/mol. The topological polar surface area (TPSA) is 100 Å². The third-order valence-corrected chi connectivity index (χ3v) is 3.65. The van der Waals surface area contributed by atoms with Crippen molar-refractivity contribution in [3.8, 4) is 0 Å². The van der Waals surface area contributed by atoms with Crippen molar-refractivity contribution in [2.75, 3.05) is 31.2 Å². The lowest BCUT2D eigenvalue weighted by Crippen LogP contribution is -2.39. The number of nitrogens with two attached hydrogens (primary N) is 1. The summed E-state index contributed by atoms with van der Waals surface area (Å²) < 4.78 is 7.36. The highest BCUT2D eigenvalue weighted by molar-refractivity contribution is 6.00. The van der Waals surface area contributed by atoms with Crippen molar-refractivity contribution in [2.45, 2.75) is 25.9 Å². The monoisotopic (exact) mass is 281 g/mol. The van der Waals surface area contributed by atoms with Gasteiger partial charge in [-0.15, -0.1) is 0 Å². The van der Waals surface area contributed by atoms with E-state index in [1.54, 1.807) is 4.68 Å². The summed E-state index contributed by atoms with van der Waals surface area (Å²) >= 11 is 0. The van der Waals surface area contributed by atoms with E-state index in [2.05, 4.69) is 10.00 Å². The average Bonchev–Trinajstić information content (AvgIpc) is 2.72. The number of hydrogen-bond acceptors (Lipinski definition) is 5. The Hall–Kier alpha value is -1.60. The fourth-order valence-corrected chi connectivity index (χ4v) is 2.78. The van der Waals surface area contributed by atoms with E-state index in [4.69, 9.17) is 21.0 Å². The number of piperidine rings is 1. The second-order valence-corrected chi connectivity index (χ2v) is 5.10. The maximum atomic E-state index is 8.78. The highest BCUT2D eigenvalue weighted by Gasteiger charge is 2.26. The van der Waals surface area contributed by atoms with E-state index in [1.165, 1.54) is 0 Å². The van der Waals surface area contributed by atoms with Crippen LogP contribution in [0.3, 0.4) is 0 Å². The second kappa shape index (κ2) is 6.23. The number of hydrogen-bond donors (Lipinski definition) is 3. The summed E-state index contributed by atoms with van der Waals surface area (Å²) in [7, 11) is 1.88. The highest BCUT2D eigenvalue weighted by atomic mass is 16.5. The second-order valence-electron chi connectivity index (χ2n) is 5.10. The van der Waals surface area contributed by atoms with Gasteiger partial charge in [0.05, 0.1) is 30.6 Å². The Bertz CT molecular complexity index is 477. The van der Waals surface area contributed by atoms with Gasteiger partial charge >= 0.3 is 0 Å². The van der Waals surface area contributed by atoms with Gasteiger partial charge in [0.1, 0.15) is 11.7 Å². The van der Waals surface area contributed by atoms with E-state index in [0.29, 0.717) is 6.61 Å². The number of ether oxygens (including phenoxy) is 1. The molecule has 1 aromatic heterocycles. The van der Waals surface area contributed by atoms with Crippen LogP contribution in [0.15, 0.2) is 0 Å². The summed E-state index contributed by atoms with van der Waals surface area (Å²) in [6, 6.07) is 0. The number of rotatable bonds is 5. The number of aryl methyl sites for hydroxylation is 2. The first-order valence-corrected chi connectivity index (χ1v) is 6.90. The molecule has 0 saturated carbocycles. The van der Waals surface area contributed by atoms with Crippen LogP contribution in [0.1, 0.15) is 24.1 Å². The van der Waals surface area contributed by atoms with Gasteiger partial charge in [0, 0.05) is 20.1 Å². The summed E-state index contributed by atoms with van der Waals surface area (Å²) in [5, 5.41) is 20.9. The first kappa shape index (κ1) is 14.8. The molecule has 1 aromatic rings. The largest absolute Gasteiger partial charge is 0.394 e. The van der Waals surface area contributed by atoms with Crippen molar-refractivity contribution in [3.05, 3.63) is 11.3 Å². The van der Waals surface area contributed by atoms with Gasteiger partial charge in [-0.1, -0.05) is 0 Å². The zero-order valence-electron chi connectivity index (χ0n) is 12.1. The van der Waals surface area contributed by atoms with E-state index < -0.39 is 0 Å². The average molecular weight is 281 g/mol. The maximum Gasteiger partial charge on any atom is 0.137 e. The number of aliphatic hydroxyl groups excluding tert-OH is 1. The standard InChI is InChI=1S/C13H23N5O2/c1-9-11(12(14)15)13(17(2)16-9)18-5-3-10(4-6-18)20-8-7-19/h10,19H,3-8H2,1-2H3,(H3,14,15). The molecule has 1 saturated heterocycles. The number of amidine groups is 1. The van der Waals surface area contributed by atoms with Crippen molar-refractivity contribution >= 4 is 11.7 Å². The van der Waals surface area contributed by atoms with Gasteiger partial charge in [0.15, 0.2) is 0 Å². The van der Waals surface area contributed by atoms with Crippen molar-refractivity contribution in [1.82, 2.24) is 9.78 Å². The van der Waals surface area contributed by atoms with Gasteiger partial charge in [0.25, 0.3) is 0 Å². The van der Waals surface area contributed by atoms with Gasteiger partial charge in [-0.3, -0.25) is 10.1 Å². The molecule has 0 bridgehead atoms. The third kappa shape index (κ3) is 2.94. The highest BCUT2D eigenvalue weighted by Crippen LogP contribution is 2.26. The molecule has 20 heavy (non-hydrogen) atoms. The number of anilines is 1. The minimum atomic E-state index is 0.0595. The van der Waals surface area contributed by atoms with Crippen LogP contribution in [-0.2, 0) is 11.8 Å². The molecule has 0 unspecified atom stereocenters. The van der Waals surface area contributed by atoms with Crippen LogP contribution in [0, 0.1) is 12.3 Å². The number of aromatic nitrogens is 2. The molecule has 2 heterocycles. The first-order chi connectivity index (χ1) is 9.54. The molecule has 7 heteroatoms. The van der Waals surface area contributed by atoms with Crippen LogP contribution in [0.4, 0.5) is 5.82 Å².